The van der Waals surface area contributed by atoms with E-state index in [-0.39, 0.29) is 0 Å². The van der Waals surface area contributed by atoms with Crippen molar-refractivity contribution in [3.05, 3.63) is 18.1 Å². The molecule has 0 amide bonds. The summed E-state index contributed by atoms with van der Waals surface area (Å²) in [6.07, 6.45) is 7.96. The van der Waals surface area contributed by atoms with Crippen molar-refractivity contribution in [3.8, 4) is 0 Å². The second-order valence-electron chi connectivity index (χ2n) is 4.13. The van der Waals surface area contributed by atoms with E-state index in [0.717, 1.165) is 37.6 Å². The molecule has 1 fully saturated rings. The summed E-state index contributed by atoms with van der Waals surface area (Å²) in [7, 11) is 0. The van der Waals surface area contributed by atoms with Gasteiger partial charge in [-0.1, -0.05) is 6.92 Å². The second kappa shape index (κ2) is 5.10. The standard InChI is InChI=1S/C12H19N3/c1-2-6-11-13-8-7-12(14-11)15-9-4-3-5-10-15/h7-8H,2-6,9-10H2,1H3. The molecule has 0 bridgehead atoms. The van der Waals surface area contributed by atoms with E-state index in [9.17, 15) is 0 Å². The van der Waals surface area contributed by atoms with E-state index in [1.165, 1.54) is 19.3 Å². The van der Waals surface area contributed by atoms with Crippen molar-refractivity contribution in [1.82, 2.24) is 9.97 Å². The molecule has 1 aromatic heterocycles. The van der Waals surface area contributed by atoms with Crippen LogP contribution >= 0.6 is 0 Å². The van der Waals surface area contributed by atoms with E-state index in [1.54, 1.807) is 0 Å². The third kappa shape index (κ3) is 2.67. The van der Waals surface area contributed by atoms with E-state index < -0.39 is 0 Å². The average Bonchev–Trinajstić information content (AvgIpc) is 2.31. The van der Waals surface area contributed by atoms with Gasteiger partial charge in [-0.25, -0.2) is 9.97 Å². The molecule has 1 saturated heterocycles. The van der Waals surface area contributed by atoms with Crippen molar-refractivity contribution in [2.45, 2.75) is 39.0 Å². The number of aryl methyl sites for hydroxylation is 1. The molecule has 2 heterocycles. The molecular formula is C12H19N3. The molecule has 1 aliphatic rings. The molecule has 0 N–H and O–H groups in total. The SMILES string of the molecule is CCCc1nccc(N2CCCCC2)n1. The van der Waals surface area contributed by atoms with Crippen LogP contribution in [0.4, 0.5) is 5.82 Å². The fraction of sp³-hybridized carbons (Fsp3) is 0.667. The lowest BCUT2D eigenvalue weighted by atomic mass is 10.1. The minimum atomic E-state index is 0.987. The Bertz CT molecular complexity index is 305. The maximum Gasteiger partial charge on any atom is 0.132 e. The van der Waals surface area contributed by atoms with Crippen LogP contribution in [0.25, 0.3) is 0 Å². The first-order valence-corrected chi connectivity index (χ1v) is 5.97. The first kappa shape index (κ1) is 10.4. The predicted octanol–water partition coefficient (Wildman–Crippen LogP) is 2.42. The van der Waals surface area contributed by atoms with Crippen molar-refractivity contribution < 1.29 is 0 Å². The fourth-order valence-electron chi connectivity index (χ4n) is 2.03. The first-order chi connectivity index (χ1) is 7.40. The van der Waals surface area contributed by atoms with Crippen molar-refractivity contribution in [2.24, 2.45) is 0 Å². The lowest BCUT2D eigenvalue weighted by Crippen LogP contribution is -2.30. The Hall–Kier alpha value is -1.12. The molecule has 3 nitrogen and oxygen atoms in total. The molecule has 0 saturated carbocycles. The van der Waals surface area contributed by atoms with Crippen LogP contribution in [-0.2, 0) is 6.42 Å². The minimum Gasteiger partial charge on any atom is -0.357 e. The highest BCUT2D eigenvalue weighted by molar-refractivity contribution is 5.37. The van der Waals surface area contributed by atoms with Crippen LogP contribution in [-0.4, -0.2) is 23.1 Å². The zero-order valence-corrected chi connectivity index (χ0v) is 9.45. The summed E-state index contributed by atoms with van der Waals surface area (Å²) < 4.78 is 0. The monoisotopic (exact) mass is 205 g/mol. The highest BCUT2D eigenvalue weighted by atomic mass is 15.2. The summed E-state index contributed by atoms with van der Waals surface area (Å²) in [6.45, 7) is 4.47. The molecule has 0 spiro atoms. The summed E-state index contributed by atoms with van der Waals surface area (Å²) in [5, 5.41) is 0. The number of anilines is 1. The Morgan fingerprint density at radius 1 is 1.27 bits per heavy atom. The van der Waals surface area contributed by atoms with E-state index in [2.05, 4.69) is 21.8 Å². The highest BCUT2D eigenvalue weighted by Gasteiger charge is 2.12. The lowest BCUT2D eigenvalue weighted by molar-refractivity contribution is 0.571. The third-order valence-corrected chi connectivity index (χ3v) is 2.84. The Kier molecular flexibility index (Phi) is 3.54. The van der Waals surface area contributed by atoms with E-state index in [0.29, 0.717) is 0 Å². The molecule has 0 aromatic carbocycles. The Balaban J connectivity index is 2.09. The van der Waals surface area contributed by atoms with Gasteiger partial charge in [0.1, 0.15) is 11.6 Å². The van der Waals surface area contributed by atoms with Crippen LogP contribution in [0.3, 0.4) is 0 Å². The van der Waals surface area contributed by atoms with Crippen molar-refractivity contribution in [1.29, 1.82) is 0 Å². The molecule has 3 heteroatoms. The zero-order valence-electron chi connectivity index (χ0n) is 9.45. The topological polar surface area (TPSA) is 29.0 Å². The minimum absolute atomic E-state index is 0.987. The van der Waals surface area contributed by atoms with E-state index >= 15 is 0 Å². The lowest BCUT2D eigenvalue weighted by Gasteiger charge is -2.27. The van der Waals surface area contributed by atoms with E-state index in [4.69, 9.17) is 0 Å². The van der Waals surface area contributed by atoms with Gasteiger partial charge in [-0.2, -0.15) is 0 Å². The predicted molar refractivity (Wildman–Crippen MR) is 62.1 cm³/mol. The van der Waals surface area contributed by atoms with Gasteiger partial charge in [-0.3, -0.25) is 0 Å². The fourth-order valence-corrected chi connectivity index (χ4v) is 2.03. The highest BCUT2D eigenvalue weighted by Crippen LogP contribution is 2.16. The van der Waals surface area contributed by atoms with Crippen molar-refractivity contribution >= 4 is 5.82 Å². The van der Waals surface area contributed by atoms with Gasteiger partial charge in [-0.15, -0.1) is 0 Å². The smallest absolute Gasteiger partial charge is 0.132 e. The van der Waals surface area contributed by atoms with Gasteiger partial charge in [0, 0.05) is 25.7 Å². The van der Waals surface area contributed by atoms with Gasteiger partial charge in [-0.05, 0) is 31.7 Å². The van der Waals surface area contributed by atoms with Gasteiger partial charge in [0.2, 0.25) is 0 Å². The second-order valence-corrected chi connectivity index (χ2v) is 4.13. The van der Waals surface area contributed by atoms with Crippen LogP contribution in [0.1, 0.15) is 38.4 Å². The molecule has 82 valence electrons. The molecular weight excluding hydrogens is 186 g/mol. The summed E-state index contributed by atoms with van der Waals surface area (Å²) in [5.41, 5.74) is 0. The molecule has 0 radical (unpaired) electrons. The van der Waals surface area contributed by atoms with Crippen LogP contribution in [0, 0.1) is 0 Å². The summed E-state index contributed by atoms with van der Waals surface area (Å²) in [4.78, 5) is 11.3. The maximum atomic E-state index is 4.60. The van der Waals surface area contributed by atoms with Gasteiger partial charge in [0.15, 0.2) is 0 Å². The number of aromatic nitrogens is 2. The molecule has 1 aromatic rings. The average molecular weight is 205 g/mol. The Labute approximate surface area is 91.5 Å². The molecule has 0 unspecified atom stereocenters. The van der Waals surface area contributed by atoms with Gasteiger partial charge >= 0.3 is 0 Å². The quantitative estimate of drug-likeness (QED) is 0.759. The number of nitrogens with zero attached hydrogens (tertiary/aromatic N) is 3. The summed E-state index contributed by atoms with van der Waals surface area (Å²) in [5.74, 6) is 2.11. The van der Waals surface area contributed by atoms with E-state index in [1.807, 2.05) is 12.3 Å². The molecule has 15 heavy (non-hydrogen) atoms. The van der Waals surface area contributed by atoms with Gasteiger partial charge in [0.25, 0.3) is 0 Å². The molecule has 1 aliphatic heterocycles. The Morgan fingerprint density at radius 2 is 2.07 bits per heavy atom. The number of hydrogen-bond acceptors (Lipinski definition) is 3. The summed E-state index contributed by atoms with van der Waals surface area (Å²) >= 11 is 0. The van der Waals surface area contributed by atoms with Crippen LogP contribution in [0.5, 0.6) is 0 Å². The van der Waals surface area contributed by atoms with Crippen LogP contribution in [0.2, 0.25) is 0 Å². The zero-order chi connectivity index (χ0) is 10.5. The number of hydrogen-bond donors (Lipinski definition) is 0. The number of piperidine rings is 1. The molecule has 2 rings (SSSR count). The number of rotatable bonds is 3. The first-order valence-electron chi connectivity index (χ1n) is 5.97. The Morgan fingerprint density at radius 3 is 2.80 bits per heavy atom. The third-order valence-electron chi connectivity index (χ3n) is 2.84. The summed E-state index contributed by atoms with van der Waals surface area (Å²) in [6, 6.07) is 2.03. The van der Waals surface area contributed by atoms with Crippen molar-refractivity contribution in [3.63, 3.8) is 0 Å². The normalized spacial score (nSPS) is 16.7. The van der Waals surface area contributed by atoms with Crippen molar-refractivity contribution in [2.75, 3.05) is 18.0 Å². The van der Waals surface area contributed by atoms with Crippen LogP contribution < -0.4 is 4.90 Å². The maximum absolute atomic E-state index is 4.60. The van der Waals surface area contributed by atoms with Gasteiger partial charge in [0.05, 0.1) is 0 Å². The molecule has 0 atom stereocenters. The van der Waals surface area contributed by atoms with Crippen LogP contribution in [0.15, 0.2) is 12.3 Å². The van der Waals surface area contributed by atoms with Gasteiger partial charge < -0.3 is 4.90 Å². The largest absolute Gasteiger partial charge is 0.357 e. The molecule has 0 aliphatic carbocycles.